The average molecular weight is 438 g/mol. The van der Waals surface area contributed by atoms with E-state index >= 15 is 0 Å². The molecule has 0 bridgehead atoms. The highest BCUT2D eigenvalue weighted by atomic mass is 32.2. The second kappa shape index (κ2) is 9.85. The molecule has 1 atom stereocenters. The Kier molecular flexibility index (Phi) is 7.20. The third kappa shape index (κ3) is 5.99. The first-order valence-corrected chi connectivity index (χ1v) is 11.6. The van der Waals surface area contributed by atoms with Gasteiger partial charge in [-0.25, -0.2) is 8.42 Å². The van der Waals surface area contributed by atoms with Crippen LogP contribution in [-0.2, 0) is 27.8 Å². The zero-order chi connectivity index (χ0) is 22.4. The zero-order valence-electron chi connectivity index (χ0n) is 17.9. The lowest BCUT2D eigenvalue weighted by molar-refractivity contribution is -0.122. The molecular weight excluding hydrogens is 410 g/mol. The maximum Gasteiger partial charge on any atom is 0.241 e. The number of amides is 1. The summed E-state index contributed by atoms with van der Waals surface area (Å²) in [5, 5.41) is 2.83. The molecular formula is C24H27N3O3S. The molecule has 0 fully saturated rings. The molecule has 3 aromatic rings. The first kappa shape index (κ1) is 22.7. The van der Waals surface area contributed by atoms with Crippen LogP contribution in [0.2, 0.25) is 0 Å². The Bertz CT molecular complexity index is 1120. The van der Waals surface area contributed by atoms with Gasteiger partial charge in [0.2, 0.25) is 15.9 Å². The maximum atomic E-state index is 13.3. The monoisotopic (exact) mass is 437 g/mol. The van der Waals surface area contributed by atoms with Crippen molar-refractivity contribution in [3.63, 3.8) is 0 Å². The Morgan fingerprint density at radius 2 is 1.61 bits per heavy atom. The largest absolute Gasteiger partial charge is 0.351 e. The number of aromatic nitrogens is 1. The normalized spacial score (nSPS) is 12.4. The lowest BCUT2D eigenvalue weighted by Gasteiger charge is -2.20. The molecule has 1 aromatic heterocycles. The van der Waals surface area contributed by atoms with Gasteiger partial charge in [0.25, 0.3) is 0 Å². The summed E-state index contributed by atoms with van der Waals surface area (Å²) in [7, 11) is -3.91. The van der Waals surface area contributed by atoms with Gasteiger partial charge in [0, 0.05) is 18.9 Å². The molecule has 162 valence electrons. The lowest BCUT2D eigenvalue weighted by atomic mass is 10.1. The van der Waals surface area contributed by atoms with Gasteiger partial charge in [-0.2, -0.15) is 4.72 Å². The fraction of sp³-hybridized carbons (Fsp3) is 0.250. The second-order valence-electron chi connectivity index (χ2n) is 7.67. The smallest absolute Gasteiger partial charge is 0.241 e. The van der Waals surface area contributed by atoms with E-state index in [-0.39, 0.29) is 17.9 Å². The van der Waals surface area contributed by atoms with Gasteiger partial charge in [0.15, 0.2) is 0 Å². The van der Waals surface area contributed by atoms with Crippen molar-refractivity contribution in [3.05, 3.63) is 94.8 Å². The number of benzene rings is 2. The van der Waals surface area contributed by atoms with E-state index in [1.165, 1.54) is 0 Å². The summed E-state index contributed by atoms with van der Waals surface area (Å²) in [4.78, 5) is 17.3. The van der Waals surface area contributed by atoms with E-state index < -0.39 is 22.0 Å². The third-order valence-corrected chi connectivity index (χ3v) is 6.74. The predicted molar refractivity (Wildman–Crippen MR) is 121 cm³/mol. The number of hydrogen-bond donors (Lipinski definition) is 2. The van der Waals surface area contributed by atoms with Crippen molar-refractivity contribution in [1.29, 1.82) is 0 Å². The van der Waals surface area contributed by atoms with Crippen molar-refractivity contribution < 1.29 is 13.2 Å². The van der Waals surface area contributed by atoms with E-state index in [0.29, 0.717) is 11.1 Å². The highest BCUT2D eigenvalue weighted by molar-refractivity contribution is 7.89. The van der Waals surface area contributed by atoms with Crippen LogP contribution in [0.4, 0.5) is 0 Å². The van der Waals surface area contributed by atoms with Crippen LogP contribution in [0, 0.1) is 20.8 Å². The quantitative estimate of drug-likeness (QED) is 0.566. The maximum absolute atomic E-state index is 13.3. The summed E-state index contributed by atoms with van der Waals surface area (Å²) in [5.74, 6) is -0.390. The number of rotatable bonds is 8. The van der Waals surface area contributed by atoms with Crippen LogP contribution in [0.3, 0.4) is 0 Å². The predicted octanol–water partition coefficient (Wildman–Crippen LogP) is 3.21. The van der Waals surface area contributed by atoms with Gasteiger partial charge < -0.3 is 5.32 Å². The highest BCUT2D eigenvalue weighted by Gasteiger charge is 2.28. The van der Waals surface area contributed by atoms with Crippen LogP contribution < -0.4 is 10.0 Å². The fourth-order valence-corrected chi connectivity index (χ4v) is 5.34. The van der Waals surface area contributed by atoms with Crippen molar-refractivity contribution in [2.45, 2.75) is 44.7 Å². The highest BCUT2D eigenvalue weighted by Crippen LogP contribution is 2.22. The van der Waals surface area contributed by atoms with Crippen LogP contribution in [0.25, 0.3) is 0 Å². The minimum absolute atomic E-state index is 0.219. The first-order chi connectivity index (χ1) is 14.8. The molecule has 0 saturated carbocycles. The van der Waals surface area contributed by atoms with E-state index in [9.17, 15) is 13.2 Å². The van der Waals surface area contributed by atoms with Gasteiger partial charge in [0.1, 0.15) is 6.04 Å². The standard InChI is InChI=1S/C24H27N3O3S/c1-17-12-18(2)23(19(3)13-17)31(29,30)27-22(14-20-8-5-4-6-9-20)24(28)26-16-21-10-7-11-25-15-21/h4-13,15,22,27H,14,16H2,1-3H3,(H,26,28). The Balaban J connectivity index is 1.86. The Morgan fingerprint density at radius 1 is 0.968 bits per heavy atom. The van der Waals surface area contributed by atoms with E-state index in [2.05, 4.69) is 15.0 Å². The van der Waals surface area contributed by atoms with Crippen LogP contribution in [0.15, 0.2) is 71.9 Å². The number of pyridine rings is 1. The second-order valence-corrected chi connectivity index (χ2v) is 9.32. The molecule has 0 aliphatic rings. The molecule has 2 aromatic carbocycles. The fourth-order valence-electron chi connectivity index (χ4n) is 3.69. The number of nitrogens with zero attached hydrogens (tertiary/aromatic N) is 1. The van der Waals surface area contributed by atoms with E-state index in [1.54, 1.807) is 32.3 Å². The van der Waals surface area contributed by atoms with Gasteiger partial charge >= 0.3 is 0 Å². The van der Waals surface area contributed by atoms with Gasteiger partial charge in [-0.3, -0.25) is 9.78 Å². The summed E-state index contributed by atoms with van der Waals surface area (Å²) in [6.45, 7) is 5.72. The summed E-state index contributed by atoms with van der Waals surface area (Å²) < 4.78 is 29.2. The molecule has 0 spiro atoms. The summed E-state index contributed by atoms with van der Waals surface area (Å²) in [6, 6.07) is 15.7. The molecule has 1 heterocycles. The Hall–Kier alpha value is -3.03. The molecule has 2 N–H and O–H groups in total. The molecule has 7 heteroatoms. The summed E-state index contributed by atoms with van der Waals surface area (Å²) in [5.41, 5.74) is 3.99. The van der Waals surface area contributed by atoms with Gasteiger partial charge in [-0.1, -0.05) is 54.1 Å². The summed E-state index contributed by atoms with van der Waals surface area (Å²) >= 11 is 0. The minimum Gasteiger partial charge on any atom is -0.351 e. The van der Waals surface area contributed by atoms with Gasteiger partial charge in [-0.15, -0.1) is 0 Å². The van der Waals surface area contributed by atoms with Crippen molar-refractivity contribution in [3.8, 4) is 0 Å². The van der Waals surface area contributed by atoms with Crippen molar-refractivity contribution in [2.24, 2.45) is 0 Å². The molecule has 31 heavy (non-hydrogen) atoms. The minimum atomic E-state index is -3.91. The number of carbonyl (C=O) groups excluding carboxylic acids is 1. The third-order valence-electron chi connectivity index (χ3n) is 4.96. The summed E-state index contributed by atoms with van der Waals surface area (Å²) in [6.07, 6.45) is 3.56. The van der Waals surface area contributed by atoms with Gasteiger partial charge in [0.05, 0.1) is 4.90 Å². The lowest BCUT2D eigenvalue weighted by Crippen LogP contribution is -2.48. The van der Waals surface area contributed by atoms with Crippen molar-refractivity contribution >= 4 is 15.9 Å². The average Bonchev–Trinajstić information content (AvgIpc) is 2.72. The number of sulfonamides is 1. The molecule has 1 unspecified atom stereocenters. The molecule has 0 aliphatic heterocycles. The van der Waals surface area contributed by atoms with Crippen LogP contribution in [0.1, 0.15) is 27.8 Å². The van der Waals surface area contributed by atoms with Crippen LogP contribution >= 0.6 is 0 Å². The number of hydrogen-bond acceptors (Lipinski definition) is 4. The van der Waals surface area contributed by atoms with E-state index in [1.807, 2.05) is 55.5 Å². The molecule has 0 radical (unpaired) electrons. The molecule has 0 saturated heterocycles. The van der Waals surface area contributed by atoms with Crippen molar-refractivity contribution in [1.82, 2.24) is 15.0 Å². The Labute approximate surface area is 183 Å². The van der Waals surface area contributed by atoms with Crippen molar-refractivity contribution in [2.75, 3.05) is 0 Å². The number of carbonyl (C=O) groups is 1. The molecule has 1 amide bonds. The van der Waals surface area contributed by atoms with E-state index in [0.717, 1.165) is 16.7 Å². The number of nitrogens with one attached hydrogen (secondary N) is 2. The molecule has 0 aliphatic carbocycles. The Morgan fingerprint density at radius 3 is 2.23 bits per heavy atom. The van der Waals surface area contributed by atoms with Crippen LogP contribution in [-0.4, -0.2) is 25.4 Å². The number of aryl methyl sites for hydroxylation is 3. The molecule has 6 nitrogen and oxygen atoms in total. The first-order valence-electron chi connectivity index (χ1n) is 10.1. The SMILES string of the molecule is Cc1cc(C)c(S(=O)(=O)NC(Cc2ccccc2)C(=O)NCc2cccnc2)c(C)c1. The van der Waals surface area contributed by atoms with Gasteiger partial charge in [-0.05, 0) is 55.5 Å². The zero-order valence-corrected chi connectivity index (χ0v) is 18.7. The molecule has 3 rings (SSSR count). The van der Waals surface area contributed by atoms with Crippen LogP contribution in [0.5, 0.6) is 0 Å². The van der Waals surface area contributed by atoms with E-state index in [4.69, 9.17) is 0 Å². The topological polar surface area (TPSA) is 88.2 Å².